The number of fused-ring (bicyclic) bond motifs is 2. The maximum absolute atomic E-state index is 12.3. The van der Waals surface area contributed by atoms with Crippen molar-refractivity contribution in [3.63, 3.8) is 0 Å². The molecule has 140 valence electrons. The zero-order valence-corrected chi connectivity index (χ0v) is 14.6. The molecule has 1 aliphatic rings. The van der Waals surface area contributed by atoms with E-state index in [1.165, 1.54) is 6.07 Å². The Balaban J connectivity index is 1.51. The monoisotopic (exact) mass is 377 g/mol. The molecule has 0 bridgehead atoms. The number of rotatable bonds is 4. The molecule has 3 aromatic rings. The van der Waals surface area contributed by atoms with Crippen LogP contribution in [0.1, 0.15) is 16.2 Å². The molecule has 1 aliphatic heterocycles. The Kier molecular flexibility index (Phi) is 4.56. The van der Waals surface area contributed by atoms with E-state index in [0.717, 1.165) is 5.52 Å². The number of aromatic amines is 1. The second-order valence-electron chi connectivity index (χ2n) is 5.97. The number of aliphatic hydroxyl groups is 1. The molecule has 0 spiro atoms. The maximum atomic E-state index is 12.3. The Labute approximate surface area is 159 Å². The lowest BCUT2D eigenvalue weighted by atomic mass is 10.2. The summed E-state index contributed by atoms with van der Waals surface area (Å²) in [7, 11) is 0. The molecule has 8 nitrogen and oxygen atoms in total. The predicted molar refractivity (Wildman–Crippen MR) is 99.0 cm³/mol. The first kappa shape index (κ1) is 17.4. The van der Waals surface area contributed by atoms with Crippen molar-refractivity contribution in [1.29, 1.82) is 5.26 Å². The Morgan fingerprint density at radius 2 is 2.00 bits per heavy atom. The van der Waals surface area contributed by atoms with Gasteiger partial charge in [0.15, 0.2) is 23.1 Å². The smallest absolute Gasteiger partial charge is 0.338 e. The summed E-state index contributed by atoms with van der Waals surface area (Å²) in [6.45, 7) is 0.388. The zero-order chi connectivity index (χ0) is 19.5. The van der Waals surface area contributed by atoms with Crippen LogP contribution < -0.4 is 9.47 Å². The van der Waals surface area contributed by atoms with Crippen LogP contribution >= 0.6 is 0 Å². The molecule has 2 N–H and O–H groups in total. The molecule has 0 fully saturated rings. The van der Waals surface area contributed by atoms with E-state index in [9.17, 15) is 15.2 Å². The van der Waals surface area contributed by atoms with Gasteiger partial charge >= 0.3 is 5.97 Å². The third-order valence-corrected chi connectivity index (χ3v) is 4.14. The normalized spacial score (nSPS) is 13.5. The molecular weight excluding hydrogens is 362 g/mol. The number of nitrogens with one attached hydrogen (secondary N) is 1. The lowest BCUT2D eigenvalue weighted by molar-refractivity contribution is 0.0501. The van der Waals surface area contributed by atoms with Crippen LogP contribution in [0.5, 0.6) is 11.5 Å². The molecule has 0 saturated heterocycles. The number of carbonyl (C=O) groups is 1. The fourth-order valence-corrected chi connectivity index (χ4v) is 2.79. The molecule has 2 heterocycles. The molecule has 2 aromatic carbocycles. The molecule has 1 aromatic heterocycles. The van der Waals surface area contributed by atoms with Crippen LogP contribution in [0, 0.1) is 11.3 Å². The van der Waals surface area contributed by atoms with Crippen molar-refractivity contribution in [1.82, 2.24) is 9.97 Å². The number of hydrogen-bond donors (Lipinski definition) is 2. The van der Waals surface area contributed by atoms with Crippen molar-refractivity contribution in [3.05, 3.63) is 59.6 Å². The van der Waals surface area contributed by atoms with E-state index in [-0.39, 0.29) is 17.0 Å². The summed E-state index contributed by atoms with van der Waals surface area (Å²) in [6.07, 6.45) is 0. The first-order valence-electron chi connectivity index (χ1n) is 8.50. The fraction of sp³-hybridized carbons (Fsp3) is 0.150. The Bertz CT molecular complexity index is 1090. The molecule has 0 unspecified atom stereocenters. The van der Waals surface area contributed by atoms with Gasteiger partial charge in [0.05, 0.1) is 16.6 Å². The minimum atomic E-state index is -0.662. The van der Waals surface area contributed by atoms with E-state index in [1.54, 1.807) is 24.3 Å². The standard InChI is InChI=1S/C20H15N3O5/c21-10-13(19-22-14-3-1-2-4-15(14)23-19)16(24)11-28-20(25)12-5-6-17-18(9-12)27-8-7-26-17/h1-6,9,24H,7-8,11H2,(H,22,23)/b16-13+. The summed E-state index contributed by atoms with van der Waals surface area (Å²) in [6, 6.07) is 13.8. The van der Waals surface area contributed by atoms with Gasteiger partial charge in [0.2, 0.25) is 0 Å². The van der Waals surface area contributed by atoms with Gasteiger partial charge in [0.1, 0.15) is 31.5 Å². The lowest BCUT2D eigenvalue weighted by Crippen LogP contribution is -2.16. The Morgan fingerprint density at radius 3 is 2.79 bits per heavy atom. The topological polar surface area (TPSA) is 117 Å². The average molecular weight is 377 g/mol. The van der Waals surface area contributed by atoms with Gasteiger partial charge in [0, 0.05) is 0 Å². The van der Waals surface area contributed by atoms with Crippen molar-refractivity contribution in [2.75, 3.05) is 19.8 Å². The molecule has 0 saturated carbocycles. The number of carbonyl (C=O) groups excluding carboxylic acids is 1. The van der Waals surface area contributed by atoms with Crippen molar-refractivity contribution in [3.8, 4) is 17.6 Å². The fourth-order valence-electron chi connectivity index (χ4n) is 2.79. The van der Waals surface area contributed by atoms with E-state index < -0.39 is 18.3 Å². The summed E-state index contributed by atoms with van der Waals surface area (Å²) in [4.78, 5) is 19.5. The summed E-state index contributed by atoms with van der Waals surface area (Å²) in [5, 5.41) is 19.6. The first-order valence-corrected chi connectivity index (χ1v) is 8.50. The van der Waals surface area contributed by atoms with Gasteiger partial charge in [-0.3, -0.25) is 0 Å². The number of nitrogens with zero attached hydrogens (tertiary/aromatic N) is 2. The SMILES string of the molecule is N#C/C(=C(\O)COC(=O)c1ccc2c(c1)OCCO2)c1nc2ccccc2[nH]1. The van der Waals surface area contributed by atoms with Crippen LogP contribution in [0.15, 0.2) is 48.2 Å². The molecular formula is C20H15N3O5. The lowest BCUT2D eigenvalue weighted by Gasteiger charge is -2.18. The Hall–Kier alpha value is -3.99. The van der Waals surface area contributed by atoms with E-state index in [0.29, 0.717) is 30.2 Å². The second-order valence-corrected chi connectivity index (χ2v) is 5.97. The minimum absolute atomic E-state index is 0.0915. The molecule has 28 heavy (non-hydrogen) atoms. The van der Waals surface area contributed by atoms with Gasteiger partial charge in [-0.05, 0) is 30.3 Å². The molecule has 4 rings (SSSR count). The highest BCUT2D eigenvalue weighted by atomic mass is 16.6. The molecule has 0 atom stereocenters. The number of aliphatic hydroxyl groups excluding tert-OH is 1. The summed E-state index contributed by atoms with van der Waals surface area (Å²) in [5.41, 5.74) is 1.54. The zero-order valence-electron chi connectivity index (χ0n) is 14.6. The first-order chi connectivity index (χ1) is 13.7. The summed E-state index contributed by atoms with van der Waals surface area (Å²) < 4.78 is 16.0. The van der Waals surface area contributed by atoms with Gasteiger partial charge in [0.25, 0.3) is 0 Å². The number of allylic oxidation sites excluding steroid dienone is 1. The average Bonchev–Trinajstić information content (AvgIpc) is 3.15. The van der Waals surface area contributed by atoms with Crippen LogP contribution in [0.25, 0.3) is 16.6 Å². The third-order valence-electron chi connectivity index (χ3n) is 4.14. The molecule has 0 radical (unpaired) electrons. The number of ether oxygens (including phenoxy) is 3. The van der Waals surface area contributed by atoms with Gasteiger partial charge in [-0.2, -0.15) is 5.26 Å². The van der Waals surface area contributed by atoms with Crippen molar-refractivity contribution >= 4 is 22.6 Å². The van der Waals surface area contributed by atoms with Gasteiger partial charge in [-0.1, -0.05) is 12.1 Å². The van der Waals surface area contributed by atoms with Gasteiger partial charge in [-0.15, -0.1) is 0 Å². The predicted octanol–water partition coefficient (Wildman–Crippen LogP) is 2.98. The van der Waals surface area contributed by atoms with Crippen LogP contribution in [0.2, 0.25) is 0 Å². The highest BCUT2D eigenvalue weighted by Gasteiger charge is 2.18. The summed E-state index contributed by atoms with van der Waals surface area (Å²) >= 11 is 0. The number of aromatic nitrogens is 2. The van der Waals surface area contributed by atoms with Crippen LogP contribution in [-0.2, 0) is 4.74 Å². The highest BCUT2D eigenvalue weighted by molar-refractivity contribution is 5.90. The van der Waals surface area contributed by atoms with E-state index in [4.69, 9.17) is 14.2 Å². The van der Waals surface area contributed by atoms with Crippen molar-refractivity contribution in [2.24, 2.45) is 0 Å². The quantitative estimate of drug-likeness (QED) is 0.408. The number of imidazole rings is 1. The Morgan fingerprint density at radius 1 is 1.21 bits per heavy atom. The maximum Gasteiger partial charge on any atom is 0.338 e. The number of benzene rings is 2. The molecule has 0 aliphatic carbocycles. The number of H-pyrrole nitrogens is 1. The van der Waals surface area contributed by atoms with Crippen LogP contribution in [-0.4, -0.2) is 40.9 Å². The van der Waals surface area contributed by atoms with Crippen LogP contribution in [0.3, 0.4) is 0 Å². The highest BCUT2D eigenvalue weighted by Crippen LogP contribution is 2.31. The summed E-state index contributed by atoms with van der Waals surface area (Å²) in [5.74, 6) is 0.164. The van der Waals surface area contributed by atoms with Crippen molar-refractivity contribution < 1.29 is 24.1 Å². The number of nitriles is 1. The number of esters is 1. The van der Waals surface area contributed by atoms with Gasteiger partial charge < -0.3 is 24.3 Å². The largest absolute Gasteiger partial charge is 0.507 e. The van der Waals surface area contributed by atoms with E-state index in [1.807, 2.05) is 18.2 Å². The number of hydrogen-bond acceptors (Lipinski definition) is 7. The van der Waals surface area contributed by atoms with E-state index in [2.05, 4.69) is 9.97 Å². The van der Waals surface area contributed by atoms with Crippen LogP contribution in [0.4, 0.5) is 0 Å². The molecule has 0 amide bonds. The number of para-hydroxylation sites is 2. The molecule has 8 heteroatoms. The minimum Gasteiger partial charge on any atom is -0.507 e. The van der Waals surface area contributed by atoms with Gasteiger partial charge in [-0.25, -0.2) is 9.78 Å². The second kappa shape index (κ2) is 7.32. The van der Waals surface area contributed by atoms with Crippen molar-refractivity contribution in [2.45, 2.75) is 0 Å². The third kappa shape index (κ3) is 3.33. The van der Waals surface area contributed by atoms with E-state index >= 15 is 0 Å².